The Labute approximate surface area is 185 Å². The van der Waals surface area contributed by atoms with Crippen LogP contribution in [0.2, 0.25) is 5.02 Å². The Bertz CT molecular complexity index is 1220. The molecule has 1 aliphatic heterocycles. The molecule has 1 aliphatic rings. The highest BCUT2D eigenvalue weighted by atomic mass is 35.5. The first-order chi connectivity index (χ1) is 15.2. The number of aromatic amines is 1. The van der Waals surface area contributed by atoms with E-state index < -0.39 is 0 Å². The summed E-state index contributed by atoms with van der Waals surface area (Å²) in [6.07, 6.45) is 5.69. The first-order valence-corrected chi connectivity index (χ1v) is 10.9. The molecule has 5 nitrogen and oxygen atoms in total. The van der Waals surface area contributed by atoms with Crippen LogP contribution in [0.25, 0.3) is 22.2 Å². The lowest BCUT2D eigenvalue weighted by Gasteiger charge is -2.21. The van der Waals surface area contributed by atoms with Crippen LogP contribution in [0.1, 0.15) is 30.0 Å². The molecule has 3 aromatic heterocycles. The molecule has 1 fully saturated rings. The van der Waals surface area contributed by atoms with Crippen molar-refractivity contribution in [3.8, 4) is 11.1 Å². The van der Waals surface area contributed by atoms with E-state index in [0.29, 0.717) is 23.3 Å². The number of rotatable bonds is 5. The second-order valence-electron chi connectivity index (χ2n) is 7.90. The maximum absolute atomic E-state index is 13.4. The van der Waals surface area contributed by atoms with Gasteiger partial charge >= 0.3 is 0 Å². The van der Waals surface area contributed by atoms with E-state index in [1.54, 1.807) is 18.5 Å². The summed E-state index contributed by atoms with van der Waals surface area (Å²) >= 11 is 6.55. The average molecular weight is 436 g/mol. The smallest absolute Gasteiger partial charge is 0.138 e. The van der Waals surface area contributed by atoms with Crippen molar-refractivity contribution in [1.29, 1.82) is 0 Å². The predicted molar refractivity (Wildman–Crippen MR) is 123 cm³/mol. The van der Waals surface area contributed by atoms with Crippen LogP contribution in [0, 0.1) is 5.82 Å². The zero-order chi connectivity index (χ0) is 21.2. The standard InChI is InChI=1S/C24H23ClFN5/c25-21-14-30-23(29-13-15-2-1-3-17(26)10-15)12-19(21)18-6-9-28-24-20(18)11-22(31-24)16-4-7-27-8-5-16/h1-3,6,9-12,14,16,27H,4-5,7-8,13H2,(H,28,31)(H,29,30). The number of hydrogen-bond donors (Lipinski definition) is 3. The van der Waals surface area contributed by atoms with Crippen molar-refractivity contribution in [3.05, 3.63) is 77.0 Å². The number of anilines is 1. The molecular formula is C24H23ClFN5. The fourth-order valence-electron chi connectivity index (χ4n) is 4.22. The molecule has 0 atom stereocenters. The minimum absolute atomic E-state index is 0.250. The fraction of sp³-hybridized carbons (Fsp3) is 0.250. The minimum atomic E-state index is -0.250. The lowest BCUT2D eigenvalue weighted by atomic mass is 9.94. The fourth-order valence-corrected chi connectivity index (χ4v) is 4.42. The molecule has 1 aromatic carbocycles. The van der Waals surface area contributed by atoms with E-state index >= 15 is 0 Å². The Balaban J connectivity index is 1.46. The molecule has 4 aromatic rings. The van der Waals surface area contributed by atoms with Crippen LogP contribution in [0.15, 0.2) is 54.9 Å². The van der Waals surface area contributed by atoms with E-state index in [1.165, 1.54) is 17.8 Å². The molecule has 5 rings (SSSR count). The van der Waals surface area contributed by atoms with Crippen LogP contribution in [-0.2, 0) is 6.54 Å². The van der Waals surface area contributed by atoms with E-state index in [-0.39, 0.29) is 5.82 Å². The van der Waals surface area contributed by atoms with Crippen LogP contribution in [0.3, 0.4) is 0 Å². The zero-order valence-electron chi connectivity index (χ0n) is 17.0. The molecule has 31 heavy (non-hydrogen) atoms. The first-order valence-electron chi connectivity index (χ1n) is 10.5. The van der Waals surface area contributed by atoms with Gasteiger partial charge in [-0.3, -0.25) is 0 Å². The van der Waals surface area contributed by atoms with Gasteiger partial charge in [0.1, 0.15) is 17.3 Å². The van der Waals surface area contributed by atoms with Gasteiger partial charge in [-0.25, -0.2) is 14.4 Å². The van der Waals surface area contributed by atoms with Crippen molar-refractivity contribution in [2.75, 3.05) is 18.4 Å². The molecule has 4 heterocycles. The maximum atomic E-state index is 13.4. The number of nitrogens with zero attached hydrogens (tertiary/aromatic N) is 2. The summed E-state index contributed by atoms with van der Waals surface area (Å²) in [5, 5.41) is 8.31. The van der Waals surface area contributed by atoms with Crippen LogP contribution in [0.5, 0.6) is 0 Å². The van der Waals surface area contributed by atoms with Gasteiger partial charge in [0.15, 0.2) is 0 Å². The third-order valence-electron chi connectivity index (χ3n) is 5.84. The summed E-state index contributed by atoms with van der Waals surface area (Å²) < 4.78 is 13.4. The number of halogens is 2. The molecule has 0 unspecified atom stereocenters. The summed E-state index contributed by atoms with van der Waals surface area (Å²) in [5.41, 5.74) is 4.85. The van der Waals surface area contributed by atoms with E-state index in [1.807, 2.05) is 18.2 Å². The Kier molecular flexibility index (Phi) is 5.57. The lowest BCUT2D eigenvalue weighted by Crippen LogP contribution is -2.26. The molecule has 1 saturated heterocycles. The SMILES string of the molecule is Fc1cccc(CNc2cc(-c3ccnc4[nH]c(C5CCNCC5)cc34)c(Cl)cn2)c1. The van der Waals surface area contributed by atoms with E-state index in [0.717, 1.165) is 53.7 Å². The molecule has 7 heteroatoms. The molecule has 0 amide bonds. The summed E-state index contributed by atoms with van der Waals surface area (Å²) in [4.78, 5) is 12.4. The summed E-state index contributed by atoms with van der Waals surface area (Å²) in [5.74, 6) is 0.947. The van der Waals surface area contributed by atoms with Gasteiger partial charge in [0, 0.05) is 41.5 Å². The van der Waals surface area contributed by atoms with E-state index in [2.05, 4.69) is 31.7 Å². The van der Waals surface area contributed by atoms with Gasteiger partial charge in [0.05, 0.1) is 5.02 Å². The predicted octanol–water partition coefficient (Wildman–Crippen LogP) is 5.50. The third kappa shape index (κ3) is 4.27. The average Bonchev–Trinajstić information content (AvgIpc) is 3.24. The van der Waals surface area contributed by atoms with Crippen molar-refractivity contribution in [2.24, 2.45) is 0 Å². The molecule has 0 saturated carbocycles. The highest BCUT2D eigenvalue weighted by molar-refractivity contribution is 6.33. The number of fused-ring (bicyclic) bond motifs is 1. The number of piperidine rings is 1. The van der Waals surface area contributed by atoms with Crippen molar-refractivity contribution in [2.45, 2.75) is 25.3 Å². The van der Waals surface area contributed by atoms with Gasteiger partial charge in [-0.1, -0.05) is 23.7 Å². The van der Waals surface area contributed by atoms with Crippen LogP contribution in [-0.4, -0.2) is 28.0 Å². The molecule has 3 N–H and O–H groups in total. The Morgan fingerprint density at radius 1 is 1.06 bits per heavy atom. The normalized spacial score (nSPS) is 14.8. The van der Waals surface area contributed by atoms with E-state index in [9.17, 15) is 4.39 Å². The Morgan fingerprint density at radius 3 is 2.77 bits per heavy atom. The minimum Gasteiger partial charge on any atom is -0.366 e. The van der Waals surface area contributed by atoms with Gasteiger partial charge in [-0.05, 0) is 67.4 Å². The highest BCUT2D eigenvalue weighted by Gasteiger charge is 2.19. The van der Waals surface area contributed by atoms with Crippen molar-refractivity contribution < 1.29 is 4.39 Å². The number of H-pyrrole nitrogens is 1. The number of benzene rings is 1. The Morgan fingerprint density at radius 2 is 1.94 bits per heavy atom. The summed E-state index contributed by atoms with van der Waals surface area (Å²) in [6.45, 7) is 2.55. The first kappa shape index (κ1) is 20.0. The van der Waals surface area contributed by atoms with Crippen molar-refractivity contribution in [3.63, 3.8) is 0 Å². The van der Waals surface area contributed by atoms with Gasteiger partial charge in [-0.2, -0.15) is 0 Å². The number of hydrogen-bond acceptors (Lipinski definition) is 4. The van der Waals surface area contributed by atoms with Crippen LogP contribution < -0.4 is 10.6 Å². The number of pyridine rings is 2. The monoisotopic (exact) mass is 435 g/mol. The lowest BCUT2D eigenvalue weighted by molar-refractivity contribution is 0.455. The second kappa shape index (κ2) is 8.65. The third-order valence-corrected chi connectivity index (χ3v) is 6.14. The quantitative estimate of drug-likeness (QED) is 0.387. The topological polar surface area (TPSA) is 65.6 Å². The molecule has 158 valence electrons. The van der Waals surface area contributed by atoms with Gasteiger partial charge in [0.25, 0.3) is 0 Å². The molecule has 0 bridgehead atoms. The van der Waals surface area contributed by atoms with Crippen molar-refractivity contribution >= 4 is 28.5 Å². The highest BCUT2D eigenvalue weighted by Crippen LogP contribution is 2.36. The largest absolute Gasteiger partial charge is 0.366 e. The summed E-state index contributed by atoms with van der Waals surface area (Å²) in [6, 6.07) is 12.7. The van der Waals surface area contributed by atoms with Gasteiger partial charge in [-0.15, -0.1) is 0 Å². The molecule has 0 radical (unpaired) electrons. The maximum Gasteiger partial charge on any atom is 0.138 e. The van der Waals surface area contributed by atoms with Gasteiger partial charge in [0.2, 0.25) is 0 Å². The molecule has 0 spiro atoms. The second-order valence-corrected chi connectivity index (χ2v) is 8.31. The number of aromatic nitrogens is 3. The Hall–Kier alpha value is -2.96. The molecular weight excluding hydrogens is 413 g/mol. The van der Waals surface area contributed by atoms with Crippen molar-refractivity contribution in [1.82, 2.24) is 20.3 Å². The molecule has 0 aliphatic carbocycles. The van der Waals surface area contributed by atoms with Crippen LogP contribution >= 0.6 is 11.6 Å². The zero-order valence-corrected chi connectivity index (χ0v) is 17.7. The van der Waals surface area contributed by atoms with Crippen LogP contribution in [0.4, 0.5) is 10.2 Å². The van der Waals surface area contributed by atoms with Gasteiger partial charge < -0.3 is 15.6 Å². The summed E-state index contributed by atoms with van der Waals surface area (Å²) in [7, 11) is 0. The van der Waals surface area contributed by atoms with E-state index in [4.69, 9.17) is 11.6 Å². The number of nitrogens with one attached hydrogen (secondary N) is 3.